The minimum absolute atomic E-state index is 0.0472. The van der Waals surface area contributed by atoms with Crippen LogP contribution in [0.3, 0.4) is 0 Å². The summed E-state index contributed by atoms with van der Waals surface area (Å²) in [6.45, 7) is 8.08. The zero-order valence-electron chi connectivity index (χ0n) is 21.0. The number of ether oxygens (including phenoxy) is 3. The third-order valence-corrected chi connectivity index (χ3v) is 6.14. The number of carbonyl (C=O) groups is 2. The van der Waals surface area contributed by atoms with Crippen molar-refractivity contribution >= 4 is 12.1 Å². The highest BCUT2D eigenvalue weighted by molar-refractivity contribution is 5.79. The van der Waals surface area contributed by atoms with Gasteiger partial charge in [0.2, 0.25) is 0 Å². The highest BCUT2D eigenvalue weighted by Crippen LogP contribution is 2.33. The number of esters is 1. The molecular formula is C27H32F3NO5. The van der Waals surface area contributed by atoms with Crippen molar-refractivity contribution in [2.45, 2.75) is 64.8 Å². The third kappa shape index (κ3) is 6.92. The Labute approximate surface area is 209 Å². The summed E-state index contributed by atoms with van der Waals surface area (Å²) in [4.78, 5) is 26.5. The highest BCUT2D eigenvalue weighted by atomic mass is 19.4. The summed E-state index contributed by atoms with van der Waals surface area (Å²) >= 11 is 0. The van der Waals surface area contributed by atoms with E-state index in [1.807, 2.05) is 25.1 Å². The van der Waals surface area contributed by atoms with Crippen LogP contribution in [0.2, 0.25) is 0 Å². The largest absolute Gasteiger partial charge is 0.476 e. The van der Waals surface area contributed by atoms with E-state index in [9.17, 15) is 22.8 Å². The van der Waals surface area contributed by atoms with Crippen LogP contribution in [0.15, 0.2) is 42.5 Å². The molecule has 0 radical (unpaired) electrons. The van der Waals surface area contributed by atoms with Gasteiger partial charge in [-0.1, -0.05) is 24.3 Å². The number of rotatable bonds is 7. The van der Waals surface area contributed by atoms with E-state index in [4.69, 9.17) is 14.2 Å². The van der Waals surface area contributed by atoms with E-state index < -0.39 is 29.4 Å². The van der Waals surface area contributed by atoms with Crippen LogP contribution in [0, 0.1) is 6.92 Å². The summed E-state index contributed by atoms with van der Waals surface area (Å²) < 4.78 is 54.7. The lowest BCUT2D eigenvalue weighted by Crippen LogP contribution is -2.40. The maximum Gasteiger partial charge on any atom is 0.416 e. The molecule has 1 amide bonds. The number of hydrogen-bond acceptors (Lipinski definition) is 5. The second kappa shape index (κ2) is 11.2. The molecule has 9 heteroatoms. The molecule has 0 N–H and O–H groups in total. The molecule has 1 heterocycles. The number of benzene rings is 2. The van der Waals surface area contributed by atoms with Gasteiger partial charge in [0.15, 0.2) is 5.60 Å². The van der Waals surface area contributed by atoms with Crippen LogP contribution in [0.4, 0.5) is 18.0 Å². The molecule has 1 aliphatic heterocycles. The van der Waals surface area contributed by atoms with Crippen LogP contribution in [-0.2, 0) is 27.1 Å². The van der Waals surface area contributed by atoms with Crippen molar-refractivity contribution in [1.82, 2.24) is 4.90 Å². The zero-order chi connectivity index (χ0) is 26.5. The molecule has 0 saturated carbocycles. The molecule has 36 heavy (non-hydrogen) atoms. The van der Waals surface area contributed by atoms with E-state index in [0.29, 0.717) is 24.4 Å². The van der Waals surface area contributed by atoms with Gasteiger partial charge in [0.1, 0.15) is 12.4 Å². The summed E-state index contributed by atoms with van der Waals surface area (Å²) in [5.41, 5.74) is 0.438. The predicted octanol–water partition coefficient (Wildman–Crippen LogP) is 6.25. The SMILES string of the molecule is CCOC(=O)C(C)(C)Oc1cc(C2CCCN(C(=O)OCc3ccc(C(F)(F)F)cc3)C2)ccc1C. The van der Waals surface area contributed by atoms with E-state index in [-0.39, 0.29) is 19.1 Å². The summed E-state index contributed by atoms with van der Waals surface area (Å²) in [7, 11) is 0. The number of nitrogens with zero attached hydrogens (tertiary/aromatic N) is 1. The summed E-state index contributed by atoms with van der Waals surface area (Å²) in [6.07, 6.45) is -3.27. The second-order valence-corrected chi connectivity index (χ2v) is 9.39. The van der Waals surface area contributed by atoms with Crippen LogP contribution in [0.5, 0.6) is 5.75 Å². The number of carbonyl (C=O) groups excluding carboxylic acids is 2. The number of alkyl halides is 3. The third-order valence-electron chi connectivity index (χ3n) is 6.14. The van der Waals surface area contributed by atoms with Crippen molar-refractivity contribution < 1.29 is 37.0 Å². The first-order valence-electron chi connectivity index (χ1n) is 12.0. The first kappa shape index (κ1) is 27.4. The van der Waals surface area contributed by atoms with Crippen LogP contribution >= 0.6 is 0 Å². The van der Waals surface area contributed by atoms with Crippen LogP contribution in [0.25, 0.3) is 0 Å². The number of piperidine rings is 1. The van der Waals surface area contributed by atoms with E-state index >= 15 is 0 Å². The fraction of sp³-hybridized carbons (Fsp3) is 0.481. The first-order chi connectivity index (χ1) is 16.9. The highest BCUT2D eigenvalue weighted by Gasteiger charge is 2.33. The number of hydrogen-bond donors (Lipinski definition) is 0. The number of likely N-dealkylation sites (tertiary alicyclic amines) is 1. The van der Waals surface area contributed by atoms with Gasteiger partial charge in [-0.3, -0.25) is 0 Å². The van der Waals surface area contributed by atoms with Crippen LogP contribution in [-0.4, -0.2) is 42.3 Å². The fourth-order valence-electron chi connectivity index (χ4n) is 4.04. The monoisotopic (exact) mass is 507 g/mol. The van der Waals surface area contributed by atoms with Gasteiger partial charge in [-0.15, -0.1) is 0 Å². The normalized spacial score (nSPS) is 16.4. The van der Waals surface area contributed by atoms with E-state index in [2.05, 4.69) is 0 Å². The molecule has 2 aromatic carbocycles. The van der Waals surface area contributed by atoms with E-state index in [0.717, 1.165) is 36.1 Å². The van der Waals surface area contributed by atoms with Gasteiger partial charge in [-0.05, 0) is 75.4 Å². The van der Waals surface area contributed by atoms with Crippen LogP contribution in [0.1, 0.15) is 61.8 Å². The maximum absolute atomic E-state index is 12.7. The van der Waals surface area contributed by atoms with Crippen LogP contribution < -0.4 is 4.74 Å². The Kier molecular flexibility index (Phi) is 8.53. The van der Waals surface area contributed by atoms with Gasteiger partial charge in [-0.25, -0.2) is 9.59 Å². The van der Waals surface area contributed by atoms with Crippen molar-refractivity contribution in [3.63, 3.8) is 0 Å². The summed E-state index contributed by atoms with van der Waals surface area (Å²) in [6, 6.07) is 10.4. The molecule has 0 aromatic heterocycles. The minimum atomic E-state index is -4.41. The predicted molar refractivity (Wildman–Crippen MR) is 128 cm³/mol. The van der Waals surface area contributed by atoms with Crippen molar-refractivity contribution in [2.24, 2.45) is 0 Å². The smallest absolute Gasteiger partial charge is 0.416 e. The molecule has 1 saturated heterocycles. The lowest BCUT2D eigenvalue weighted by Gasteiger charge is -2.33. The zero-order valence-corrected chi connectivity index (χ0v) is 21.0. The van der Waals surface area contributed by atoms with Gasteiger partial charge in [0.25, 0.3) is 0 Å². The van der Waals surface area contributed by atoms with Crippen molar-refractivity contribution in [3.8, 4) is 5.75 Å². The topological polar surface area (TPSA) is 65.1 Å². The van der Waals surface area contributed by atoms with E-state index in [1.54, 1.807) is 25.7 Å². The summed E-state index contributed by atoms with van der Waals surface area (Å²) in [5, 5.41) is 0. The van der Waals surface area contributed by atoms with Crippen molar-refractivity contribution in [3.05, 3.63) is 64.7 Å². The Morgan fingerprint density at radius 3 is 2.39 bits per heavy atom. The fourth-order valence-corrected chi connectivity index (χ4v) is 4.04. The standard InChI is InChI=1S/C27H32F3NO5/c1-5-34-24(32)26(3,4)36-23-15-20(11-8-18(23)2)21-7-6-14-31(16-21)25(33)35-17-19-9-12-22(13-10-19)27(28,29)30/h8-13,15,21H,5-7,14,16-17H2,1-4H3. The summed E-state index contributed by atoms with van der Waals surface area (Å²) in [5.74, 6) is 0.174. The Hall–Kier alpha value is -3.23. The molecular weight excluding hydrogens is 475 g/mol. The van der Waals surface area contributed by atoms with Gasteiger partial charge in [-0.2, -0.15) is 13.2 Å². The molecule has 0 bridgehead atoms. The van der Waals surface area contributed by atoms with Gasteiger partial charge >= 0.3 is 18.2 Å². The average molecular weight is 508 g/mol. The molecule has 1 unspecified atom stereocenters. The Morgan fingerprint density at radius 2 is 1.75 bits per heavy atom. The second-order valence-electron chi connectivity index (χ2n) is 9.39. The molecule has 1 atom stereocenters. The Morgan fingerprint density at radius 1 is 1.06 bits per heavy atom. The molecule has 6 nitrogen and oxygen atoms in total. The molecule has 1 aliphatic rings. The molecule has 3 rings (SSSR count). The van der Waals surface area contributed by atoms with Gasteiger partial charge in [0.05, 0.1) is 12.2 Å². The number of halogens is 3. The van der Waals surface area contributed by atoms with Gasteiger partial charge in [0, 0.05) is 19.0 Å². The lowest BCUT2D eigenvalue weighted by molar-refractivity contribution is -0.158. The van der Waals surface area contributed by atoms with Gasteiger partial charge < -0.3 is 19.1 Å². The van der Waals surface area contributed by atoms with E-state index in [1.165, 1.54) is 12.1 Å². The Bertz CT molecular complexity index is 1070. The minimum Gasteiger partial charge on any atom is -0.476 e. The quantitative estimate of drug-likeness (QED) is 0.415. The van der Waals surface area contributed by atoms with Crippen molar-refractivity contribution in [1.29, 1.82) is 0 Å². The maximum atomic E-state index is 12.7. The molecule has 2 aromatic rings. The number of aryl methyl sites for hydroxylation is 1. The lowest BCUT2D eigenvalue weighted by atomic mass is 9.90. The first-order valence-corrected chi connectivity index (χ1v) is 12.0. The molecule has 1 fully saturated rings. The molecule has 0 spiro atoms. The van der Waals surface area contributed by atoms with Crippen molar-refractivity contribution in [2.75, 3.05) is 19.7 Å². The molecule has 196 valence electrons. The number of amides is 1. The average Bonchev–Trinajstić information content (AvgIpc) is 2.83. The molecule has 0 aliphatic carbocycles. The Balaban J connectivity index is 1.63.